The average molecular weight is 195 g/mol. The van der Waals surface area contributed by atoms with Crippen LogP contribution in [0.4, 0.5) is 0 Å². The van der Waals surface area contributed by atoms with Crippen molar-refractivity contribution >= 4 is 29.2 Å². The molecule has 0 spiro atoms. The molecule has 1 aromatic rings. The fourth-order valence-corrected chi connectivity index (χ4v) is 1.48. The summed E-state index contributed by atoms with van der Waals surface area (Å²) in [4.78, 5) is 26.0. The molecule has 5 nitrogen and oxygen atoms in total. The van der Waals surface area contributed by atoms with Gasteiger partial charge < -0.3 is 0 Å². The van der Waals surface area contributed by atoms with E-state index in [0.717, 1.165) is 0 Å². The standard InChI is InChI=1S/C7H5N3O2S/c11-6-4(7(12)10-9-6)3-5-8-1-2-13-5/h1-3H,(H,9,11)(H,10,12). The highest BCUT2D eigenvalue weighted by Gasteiger charge is 2.25. The first-order valence-corrected chi connectivity index (χ1v) is 4.37. The molecule has 2 rings (SSSR count). The molecule has 13 heavy (non-hydrogen) atoms. The van der Waals surface area contributed by atoms with Gasteiger partial charge in [0.15, 0.2) is 0 Å². The number of nitrogens with one attached hydrogen (secondary N) is 2. The maximum Gasteiger partial charge on any atom is 0.275 e. The largest absolute Gasteiger partial charge is 0.275 e. The normalized spacial score (nSPS) is 15.5. The van der Waals surface area contributed by atoms with Gasteiger partial charge in [-0.05, 0) is 6.08 Å². The molecule has 2 heterocycles. The number of amides is 2. The topological polar surface area (TPSA) is 71.1 Å². The molecule has 0 atom stereocenters. The van der Waals surface area contributed by atoms with Crippen LogP contribution in [0, 0.1) is 0 Å². The van der Waals surface area contributed by atoms with Crippen LogP contribution < -0.4 is 10.9 Å². The van der Waals surface area contributed by atoms with Gasteiger partial charge in [0.05, 0.1) is 0 Å². The first kappa shape index (κ1) is 7.93. The summed E-state index contributed by atoms with van der Waals surface area (Å²) in [5.41, 5.74) is 4.50. The second-order valence-electron chi connectivity index (χ2n) is 2.34. The fourth-order valence-electron chi connectivity index (χ4n) is 0.912. The lowest BCUT2D eigenvalue weighted by Gasteiger charge is -1.85. The number of carbonyl (C=O) groups excluding carboxylic acids is 2. The maximum atomic E-state index is 11.0. The third kappa shape index (κ3) is 1.43. The van der Waals surface area contributed by atoms with Gasteiger partial charge in [-0.15, -0.1) is 11.3 Å². The van der Waals surface area contributed by atoms with E-state index < -0.39 is 11.8 Å². The summed E-state index contributed by atoms with van der Waals surface area (Å²) in [5.74, 6) is -0.833. The van der Waals surface area contributed by atoms with Gasteiger partial charge in [-0.2, -0.15) is 0 Å². The van der Waals surface area contributed by atoms with E-state index in [-0.39, 0.29) is 5.57 Å². The summed E-state index contributed by atoms with van der Waals surface area (Å²) in [5, 5.41) is 2.42. The summed E-state index contributed by atoms with van der Waals surface area (Å²) >= 11 is 1.37. The van der Waals surface area contributed by atoms with Gasteiger partial charge in [-0.25, -0.2) is 4.98 Å². The molecule has 2 N–H and O–H groups in total. The van der Waals surface area contributed by atoms with E-state index in [9.17, 15) is 9.59 Å². The molecule has 1 saturated heterocycles. The van der Waals surface area contributed by atoms with Crippen molar-refractivity contribution in [1.82, 2.24) is 15.8 Å². The Bertz CT molecular complexity index is 364. The number of hydrogen-bond donors (Lipinski definition) is 2. The summed E-state index contributed by atoms with van der Waals surface area (Å²) in [7, 11) is 0. The number of hydrazine groups is 1. The van der Waals surface area contributed by atoms with Gasteiger partial charge in [0.1, 0.15) is 10.6 Å². The predicted molar refractivity (Wildman–Crippen MR) is 46.4 cm³/mol. The molecular weight excluding hydrogens is 190 g/mol. The van der Waals surface area contributed by atoms with Crippen molar-refractivity contribution < 1.29 is 9.59 Å². The van der Waals surface area contributed by atoms with Crippen LogP contribution >= 0.6 is 11.3 Å². The van der Waals surface area contributed by atoms with E-state index in [1.54, 1.807) is 11.6 Å². The molecule has 1 aliphatic heterocycles. The number of rotatable bonds is 1. The molecule has 2 amide bonds. The van der Waals surface area contributed by atoms with Crippen LogP contribution in [0.3, 0.4) is 0 Å². The van der Waals surface area contributed by atoms with Crippen LogP contribution in [0.1, 0.15) is 5.01 Å². The van der Waals surface area contributed by atoms with E-state index in [1.807, 2.05) is 0 Å². The lowest BCUT2D eigenvalue weighted by molar-refractivity contribution is -0.117. The zero-order chi connectivity index (χ0) is 9.26. The molecule has 0 radical (unpaired) electrons. The van der Waals surface area contributed by atoms with Gasteiger partial charge in [0, 0.05) is 11.6 Å². The Labute approximate surface area is 77.4 Å². The molecule has 1 fully saturated rings. The highest BCUT2D eigenvalue weighted by Crippen LogP contribution is 2.11. The van der Waals surface area contributed by atoms with Gasteiger partial charge in [-0.1, -0.05) is 0 Å². The molecule has 0 unspecified atom stereocenters. The van der Waals surface area contributed by atoms with Crippen LogP contribution in [0.5, 0.6) is 0 Å². The first-order valence-electron chi connectivity index (χ1n) is 3.49. The lowest BCUT2D eigenvalue weighted by Crippen LogP contribution is -2.28. The van der Waals surface area contributed by atoms with E-state index in [1.165, 1.54) is 17.4 Å². The van der Waals surface area contributed by atoms with Crippen molar-refractivity contribution in [1.29, 1.82) is 0 Å². The van der Waals surface area contributed by atoms with Crippen LogP contribution in [-0.4, -0.2) is 16.8 Å². The molecule has 0 aromatic carbocycles. The molecule has 1 aliphatic rings. The number of hydrogen-bond acceptors (Lipinski definition) is 4. The van der Waals surface area contributed by atoms with E-state index in [2.05, 4.69) is 15.8 Å². The Kier molecular flexibility index (Phi) is 1.82. The summed E-state index contributed by atoms with van der Waals surface area (Å²) in [6.07, 6.45) is 3.07. The summed E-state index contributed by atoms with van der Waals surface area (Å²) in [6, 6.07) is 0. The average Bonchev–Trinajstić information content (AvgIpc) is 2.70. The SMILES string of the molecule is O=C1NNC(=O)C1=Cc1nccs1. The maximum absolute atomic E-state index is 11.0. The van der Waals surface area contributed by atoms with E-state index in [0.29, 0.717) is 5.01 Å². The van der Waals surface area contributed by atoms with Gasteiger partial charge >= 0.3 is 0 Å². The third-order valence-corrected chi connectivity index (χ3v) is 2.22. The van der Waals surface area contributed by atoms with Crippen molar-refractivity contribution in [2.75, 3.05) is 0 Å². The highest BCUT2D eigenvalue weighted by atomic mass is 32.1. The Morgan fingerprint density at radius 2 is 2.00 bits per heavy atom. The van der Waals surface area contributed by atoms with Crippen LogP contribution in [-0.2, 0) is 9.59 Å². The minimum atomic E-state index is -0.416. The van der Waals surface area contributed by atoms with E-state index >= 15 is 0 Å². The second-order valence-corrected chi connectivity index (χ2v) is 3.26. The van der Waals surface area contributed by atoms with Crippen LogP contribution in [0.15, 0.2) is 17.2 Å². The third-order valence-electron chi connectivity index (χ3n) is 1.50. The quantitative estimate of drug-likeness (QED) is 0.477. The lowest BCUT2D eigenvalue weighted by atomic mass is 10.2. The van der Waals surface area contributed by atoms with Crippen molar-refractivity contribution in [3.8, 4) is 0 Å². The molecule has 0 saturated carbocycles. The molecule has 1 aromatic heterocycles. The van der Waals surface area contributed by atoms with Gasteiger partial charge in [-0.3, -0.25) is 20.4 Å². The highest BCUT2D eigenvalue weighted by molar-refractivity contribution is 7.10. The van der Waals surface area contributed by atoms with Crippen molar-refractivity contribution in [2.45, 2.75) is 0 Å². The minimum absolute atomic E-state index is 0.0925. The van der Waals surface area contributed by atoms with Gasteiger partial charge in [0.2, 0.25) is 0 Å². The van der Waals surface area contributed by atoms with Gasteiger partial charge in [0.25, 0.3) is 11.8 Å². The first-order chi connectivity index (χ1) is 6.27. The van der Waals surface area contributed by atoms with Crippen LogP contribution in [0.25, 0.3) is 6.08 Å². The minimum Gasteiger partial charge on any atom is -0.267 e. The monoisotopic (exact) mass is 195 g/mol. The summed E-state index contributed by atoms with van der Waals surface area (Å²) in [6.45, 7) is 0. The van der Waals surface area contributed by atoms with E-state index in [4.69, 9.17) is 0 Å². The zero-order valence-electron chi connectivity index (χ0n) is 6.40. The molecule has 6 heteroatoms. The number of carbonyl (C=O) groups is 2. The zero-order valence-corrected chi connectivity index (χ0v) is 7.22. The van der Waals surface area contributed by atoms with Crippen molar-refractivity contribution in [3.63, 3.8) is 0 Å². The Morgan fingerprint density at radius 3 is 2.54 bits per heavy atom. The molecule has 66 valence electrons. The Balaban J connectivity index is 2.34. The Hall–Kier alpha value is -1.69. The number of aromatic nitrogens is 1. The summed E-state index contributed by atoms with van der Waals surface area (Å²) < 4.78 is 0. The predicted octanol–water partition coefficient (Wildman–Crippen LogP) is -0.313. The second kappa shape index (κ2) is 2.98. The fraction of sp³-hybridized carbons (Fsp3) is 0. The molecule has 0 aliphatic carbocycles. The molecular formula is C7H5N3O2S. The number of thiazole rings is 1. The number of nitrogens with zero attached hydrogens (tertiary/aromatic N) is 1. The Morgan fingerprint density at radius 1 is 1.31 bits per heavy atom. The van der Waals surface area contributed by atoms with Crippen molar-refractivity contribution in [2.24, 2.45) is 0 Å². The van der Waals surface area contributed by atoms with Crippen LogP contribution in [0.2, 0.25) is 0 Å². The van der Waals surface area contributed by atoms with Crippen molar-refractivity contribution in [3.05, 3.63) is 22.2 Å². The smallest absolute Gasteiger partial charge is 0.267 e. The molecule has 0 bridgehead atoms.